The molecule has 6 heteroatoms. The average molecular weight is 303 g/mol. The van der Waals surface area contributed by atoms with E-state index in [1.54, 1.807) is 24.3 Å². The third kappa shape index (κ3) is 4.07. The summed E-state index contributed by atoms with van der Waals surface area (Å²) in [5, 5.41) is 2.81. The molecular weight excluding hydrogens is 282 g/mol. The first-order valence-corrected chi connectivity index (χ1v) is 7.38. The van der Waals surface area contributed by atoms with Gasteiger partial charge in [-0.1, -0.05) is 6.07 Å². The van der Waals surface area contributed by atoms with Crippen molar-refractivity contribution in [2.45, 2.75) is 32.7 Å². The maximum Gasteiger partial charge on any atom is 0.254 e. The van der Waals surface area contributed by atoms with Crippen molar-refractivity contribution in [1.82, 2.24) is 4.90 Å². The van der Waals surface area contributed by atoms with Gasteiger partial charge in [-0.25, -0.2) is 0 Å². The van der Waals surface area contributed by atoms with Crippen LogP contribution in [0.1, 0.15) is 37.0 Å². The van der Waals surface area contributed by atoms with Crippen LogP contribution < -0.4 is 11.1 Å². The average Bonchev–Trinajstić information content (AvgIpc) is 3.28. The molecule has 0 radical (unpaired) electrons. The van der Waals surface area contributed by atoms with Gasteiger partial charge in [0, 0.05) is 23.2 Å². The quantitative estimate of drug-likeness (QED) is 0.831. The van der Waals surface area contributed by atoms with E-state index in [0.29, 0.717) is 11.3 Å². The molecule has 1 fully saturated rings. The maximum absolute atomic E-state index is 12.5. The monoisotopic (exact) mass is 303 g/mol. The number of carbonyl (C=O) groups excluding carboxylic acids is 3. The highest BCUT2D eigenvalue weighted by molar-refractivity contribution is 5.99. The van der Waals surface area contributed by atoms with Crippen molar-refractivity contribution in [2.75, 3.05) is 11.9 Å². The van der Waals surface area contributed by atoms with E-state index in [-0.39, 0.29) is 30.3 Å². The van der Waals surface area contributed by atoms with Crippen LogP contribution in [-0.4, -0.2) is 35.2 Å². The second-order valence-corrected chi connectivity index (χ2v) is 5.84. The van der Waals surface area contributed by atoms with E-state index in [0.717, 1.165) is 12.8 Å². The van der Waals surface area contributed by atoms with E-state index in [9.17, 15) is 14.4 Å². The van der Waals surface area contributed by atoms with Crippen LogP contribution >= 0.6 is 0 Å². The first-order chi connectivity index (χ1) is 10.4. The number of benzene rings is 1. The molecule has 1 aromatic rings. The molecule has 6 nitrogen and oxygen atoms in total. The Hall–Kier alpha value is -2.37. The van der Waals surface area contributed by atoms with E-state index >= 15 is 0 Å². The van der Waals surface area contributed by atoms with Gasteiger partial charge in [0.1, 0.15) is 0 Å². The van der Waals surface area contributed by atoms with Gasteiger partial charge in [-0.3, -0.25) is 14.4 Å². The van der Waals surface area contributed by atoms with Crippen molar-refractivity contribution in [3.05, 3.63) is 29.8 Å². The van der Waals surface area contributed by atoms with Gasteiger partial charge in [-0.15, -0.1) is 0 Å². The Balaban J connectivity index is 2.14. The molecule has 22 heavy (non-hydrogen) atoms. The lowest BCUT2D eigenvalue weighted by Crippen LogP contribution is -2.42. The molecule has 1 aliphatic rings. The summed E-state index contributed by atoms with van der Waals surface area (Å²) < 4.78 is 0. The molecule has 1 aromatic carbocycles. The first kappa shape index (κ1) is 16.0. The standard InChI is InChI=1S/C16H21N3O3/c1-10(2)19(9-14(17)20)16(22)12-4-3-5-13(8-12)18-15(21)11-6-7-11/h3-5,8,10-11H,6-7,9H2,1-2H3,(H2,17,20)(H,18,21). The zero-order chi connectivity index (χ0) is 16.3. The van der Waals surface area contributed by atoms with E-state index < -0.39 is 5.91 Å². The summed E-state index contributed by atoms with van der Waals surface area (Å²) in [6.07, 6.45) is 1.84. The van der Waals surface area contributed by atoms with Crippen LogP contribution in [0.5, 0.6) is 0 Å². The number of nitrogens with zero attached hydrogens (tertiary/aromatic N) is 1. The third-order valence-electron chi connectivity index (χ3n) is 3.54. The minimum absolute atomic E-state index is 0.0116. The fourth-order valence-electron chi connectivity index (χ4n) is 2.14. The molecule has 1 saturated carbocycles. The fraction of sp³-hybridized carbons (Fsp3) is 0.438. The Morgan fingerprint density at radius 3 is 2.55 bits per heavy atom. The molecule has 2 rings (SSSR count). The molecule has 3 amide bonds. The van der Waals surface area contributed by atoms with Crippen molar-refractivity contribution in [2.24, 2.45) is 11.7 Å². The van der Waals surface area contributed by atoms with Crippen LogP contribution in [0.4, 0.5) is 5.69 Å². The van der Waals surface area contributed by atoms with Crippen LogP contribution in [0.15, 0.2) is 24.3 Å². The topological polar surface area (TPSA) is 92.5 Å². The van der Waals surface area contributed by atoms with Gasteiger partial charge in [0.15, 0.2) is 0 Å². The summed E-state index contributed by atoms with van der Waals surface area (Å²) in [6.45, 7) is 3.51. The van der Waals surface area contributed by atoms with E-state index in [2.05, 4.69) is 5.32 Å². The zero-order valence-corrected chi connectivity index (χ0v) is 12.8. The van der Waals surface area contributed by atoms with Crippen LogP contribution in [0.3, 0.4) is 0 Å². The largest absolute Gasteiger partial charge is 0.368 e. The first-order valence-electron chi connectivity index (χ1n) is 7.38. The second-order valence-electron chi connectivity index (χ2n) is 5.84. The lowest BCUT2D eigenvalue weighted by atomic mass is 10.1. The van der Waals surface area contributed by atoms with Gasteiger partial charge in [-0.2, -0.15) is 0 Å². The number of hydrogen-bond donors (Lipinski definition) is 2. The number of nitrogens with one attached hydrogen (secondary N) is 1. The highest BCUT2D eigenvalue weighted by Gasteiger charge is 2.29. The smallest absolute Gasteiger partial charge is 0.254 e. The normalized spacial score (nSPS) is 13.8. The van der Waals surface area contributed by atoms with Gasteiger partial charge >= 0.3 is 0 Å². The molecule has 0 aliphatic heterocycles. The fourth-order valence-corrected chi connectivity index (χ4v) is 2.14. The summed E-state index contributed by atoms with van der Waals surface area (Å²) >= 11 is 0. The number of amides is 3. The van der Waals surface area contributed by atoms with Crippen molar-refractivity contribution < 1.29 is 14.4 Å². The molecule has 0 unspecified atom stereocenters. The Morgan fingerprint density at radius 1 is 1.32 bits per heavy atom. The highest BCUT2D eigenvalue weighted by Crippen LogP contribution is 2.30. The molecule has 0 atom stereocenters. The minimum atomic E-state index is -0.555. The number of carbonyl (C=O) groups is 3. The van der Waals surface area contributed by atoms with E-state index in [1.165, 1.54) is 4.90 Å². The van der Waals surface area contributed by atoms with Crippen molar-refractivity contribution in [3.8, 4) is 0 Å². The molecule has 0 heterocycles. The van der Waals surface area contributed by atoms with Crippen LogP contribution in [-0.2, 0) is 9.59 Å². The van der Waals surface area contributed by atoms with Crippen LogP contribution in [0.2, 0.25) is 0 Å². The van der Waals surface area contributed by atoms with Gasteiger partial charge < -0.3 is 16.0 Å². The predicted molar refractivity (Wildman–Crippen MR) is 83.2 cm³/mol. The lowest BCUT2D eigenvalue weighted by molar-refractivity contribution is -0.119. The number of primary amides is 1. The number of nitrogens with two attached hydrogens (primary N) is 1. The van der Waals surface area contributed by atoms with Crippen molar-refractivity contribution in [1.29, 1.82) is 0 Å². The second kappa shape index (κ2) is 6.60. The minimum Gasteiger partial charge on any atom is -0.368 e. The van der Waals surface area contributed by atoms with E-state index in [1.807, 2.05) is 13.8 Å². The Kier molecular flexibility index (Phi) is 4.80. The predicted octanol–water partition coefficient (Wildman–Crippen LogP) is 1.37. The zero-order valence-electron chi connectivity index (χ0n) is 12.8. The highest BCUT2D eigenvalue weighted by atomic mass is 16.2. The number of rotatable bonds is 6. The Labute approximate surface area is 129 Å². The van der Waals surface area contributed by atoms with Crippen molar-refractivity contribution in [3.63, 3.8) is 0 Å². The molecule has 0 aromatic heterocycles. The van der Waals surface area contributed by atoms with Gasteiger partial charge in [0.05, 0.1) is 6.54 Å². The third-order valence-corrected chi connectivity index (χ3v) is 3.54. The summed E-state index contributed by atoms with van der Waals surface area (Å²) in [5.41, 5.74) is 6.20. The summed E-state index contributed by atoms with van der Waals surface area (Å²) in [4.78, 5) is 36.8. The number of hydrogen-bond acceptors (Lipinski definition) is 3. The SMILES string of the molecule is CC(C)N(CC(N)=O)C(=O)c1cccc(NC(=O)C2CC2)c1. The molecule has 3 N–H and O–H groups in total. The Bertz CT molecular complexity index is 594. The molecule has 118 valence electrons. The summed E-state index contributed by atoms with van der Waals surface area (Å²) in [6, 6.07) is 6.58. The van der Waals surface area contributed by atoms with Crippen LogP contribution in [0, 0.1) is 5.92 Å². The van der Waals surface area contributed by atoms with Crippen LogP contribution in [0.25, 0.3) is 0 Å². The van der Waals surface area contributed by atoms with E-state index in [4.69, 9.17) is 5.73 Å². The molecule has 0 spiro atoms. The molecular formula is C16H21N3O3. The maximum atomic E-state index is 12.5. The lowest BCUT2D eigenvalue weighted by Gasteiger charge is -2.25. The van der Waals surface area contributed by atoms with Gasteiger partial charge in [0.2, 0.25) is 11.8 Å². The van der Waals surface area contributed by atoms with Gasteiger partial charge in [0.25, 0.3) is 5.91 Å². The summed E-state index contributed by atoms with van der Waals surface area (Å²) in [5.74, 6) is -0.750. The molecule has 1 aliphatic carbocycles. The number of anilines is 1. The molecule has 0 saturated heterocycles. The Morgan fingerprint density at radius 2 is 2.00 bits per heavy atom. The molecule has 0 bridgehead atoms. The van der Waals surface area contributed by atoms with Gasteiger partial charge in [-0.05, 0) is 44.9 Å². The summed E-state index contributed by atoms with van der Waals surface area (Å²) in [7, 11) is 0. The van der Waals surface area contributed by atoms with Crippen molar-refractivity contribution >= 4 is 23.4 Å².